The molecule has 0 aliphatic carbocycles. The number of anilines is 1. The van der Waals surface area contributed by atoms with Crippen molar-refractivity contribution in [3.63, 3.8) is 0 Å². The number of thiazole rings is 1. The van der Waals surface area contributed by atoms with E-state index in [1.807, 2.05) is 49.6 Å². The SMILES string of the molecule is CCc1ccc(-c2csc(NC(=O)CSc3nnc(COc4cc(C)ccc4C)o3)n2)cc1. The Morgan fingerprint density at radius 1 is 1.15 bits per heavy atom. The molecule has 0 saturated carbocycles. The minimum Gasteiger partial charge on any atom is -0.484 e. The number of carbonyl (C=O) groups is 1. The maximum Gasteiger partial charge on any atom is 0.277 e. The first-order valence-corrected chi connectivity index (χ1v) is 12.4. The molecule has 4 rings (SSSR count). The van der Waals surface area contributed by atoms with Crippen LogP contribution in [0.1, 0.15) is 29.5 Å². The zero-order valence-electron chi connectivity index (χ0n) is 18.6. The lowest BCUT2D eigenvalue weighted by atomic mass is 10.1. The highest BCUT2D eigenvalue weighted by molar-refractivity contribution is 7.99. The number of benzene rings is 2. The first-order chi connectivity index (χ1) is 16.0. The van der Waals surface area contributed by atoms with Crippen LogP contribution in [-0.4, -0.2) is 26.8 Å². The maximum absolute atomic E-state index is 12.3. The van der Waals surface area contributed by atoms with E-state index in [0.717, 1.165) is 34.6 Å². The van der Waals surface area contributed by atoms with Crippen LogP contribution in [0.15, 0.2) is 57.5 Å². The van der Waals surface area contributed by atoms with Crippen molar-refractivity contribution < 1.29 is 13.9 Å². The molecule has 2 aromatic heterocycles. The van der Waals surface area contributed by atoms with Gasteiger partial charge in [-0.25, -0.2) is 4.98 Å². The first kappa shape index (κ1) is 23.0. The molecule has 9 heteroatoms. The number of amides is 1. The van der Waals surface area contributed by atoms with Crippen LogP contribution in [0.4, 0.5) is 5.13 Å². The Bertz CT molecular complexity index is 1230. The average molecular weight is 481 g/mol. The van der Waals surface area contributed by atoms with Gasteiger partial charge in [-0.05, 0) is 43.0 Å². The van der Waals surface area contributed by atoms with Gasteiger partial charge in [0.05, 0.1) is 11.4 Å². The number of rotatable bonds is 9. The van der Waals surface area contributed by atoms with Crippen molar-refractivity contribution >= 4 is 34.1 Å². The van der Waals surface area contributed by atoms with Gasteiger partial charge in [-0.3, -0.25) is 4.79 Å². The van der Waals surface area contributed by atoms with E-state index in [1.54, 1.807) is 0 Å². The van der Waals surface area contributed by atoms with Gasteiger partial charge < -0.3 is 14.5 Å². The molecule has 0 saturated heterocycles. The van der Waals surface area contributed by atoms with Gasteiger partial charge in [0.25, 0.3) is 11.1 Å². The molecule has 7 nitrogen and oxygen atoms in total. The summed E-state index contributed by atoms with van der Waals surface area (Å²) in [5.41, 5.74) is 5.30. The highest BCUT2D eigenvalue weighted by atomic mass is 32.2. The van der Waals surface area contributed by atoms with Crippen molar-refractivity contribution in [2.75, 3.05) is 11.1 Å². The van der Waals surface area contributed by atoms with E-state index in [9.17, 15) is 4.79 Å². The summed E-state index contributed by atoms with van der Waals surface area (Å²) in [4.78, 5) is 16.8. The zero-order chi connectivity index (χ0) is 23.2. The van der Waals surface area contributed by atoms with Crippen LogP contribution in [0, 0.1) is 13.8 Å². The van der Waals surface area contributed by atoms with Crippen LogP contribution in [-0.2, 0) is 17.8 Å². The Kier molecular flexibility index (Phi) is 7.41. The number of hydrogen-bond donors (Lipinski definition) is 1. The van der Waals surface area contributed by atoms with Gasteiger partial charge in [-0.15, -0.1) is 21.5 Å². The fourth-order valence-electron chi connectivity index (χ4n) is 3.01. The molecule has 1 amide bonds. The van der Waals surface area contributed by atoms with E-state index in [-0.39, 0.29) is 18.3 Å². The molecule has 0 aliphatic rings. The lowest BCUT2D eigenvalue weighted by Crippen LogP contribution is -2.13. The van der Waals surface area contributed by atoms with Gasteiger partial charge in [-0.2, -0.15) is 0 Å². The Labute approximate surface area is 200 Å². The van der Waals surface area contributed by atoms with Crippen LogP contribution in [0.25, 0.3) is 11.3 Å². The Balaban J connectivity index is 1.26. The quantitative estimate of drug-likeness (QED) is 0.308. The lowest BCUT2D eigenvalue weighted by Gasteiger charge is -2.07. The van der Waals surface area contributed by atoms with E-state index >= 15 is 0 Å². The molecule has 0 atom stereocenters. The Hall–Kier alpha value is -3.17. The van der Waals surface area contributed by atoms with Gasteiger partial charge >= 0.3 is 0 Å². The van der Waals surface area contributed by atoms with Gasteiger partial charge in [0, 0.05) is 10.9 Å². The standard InChI is InChI=1S/C24H24N4O3S2/c1-4-17-7-9-18(10-8-17)19-13-32-23(25-19)26-21(29)14-33-24-28-27-22(31-24)12-30-20-11-15(2)5-6-16(20)3/h5-11,13H,4,12,14H2,1-3H3,(H,25,26,29). The van der Waals surface area contributed by atoms with Crippen LogP contribution < -0.4 is 10.1 Å². The summed E-state index contributed by atoms with van der Waals surface area (Å²) in [6.07, 6.45) is 0.997. The van der Waals surface area contributed by atoms with E-state index in [4.69, 9.17) is 9.15 Å². The molecule has 170 valence electrons. The third-order valence-corrected chi connectivity index (χ3v) is 6.45. The fraction of sp³-hybridized carbons (Fsp3) is 0.250. The fourth-order valence-corrected chi connectivity index (χ4v) is 4.33. The first-order valence-electron chi connectivity index (χ1n) is 10.5. The number of ether oxygens (including phenoxy) is 1. The summed E-state index contributed by atoms with van der Waals surface area (Å²) in [7, 11) is 0. The minimum atomic E-state index is -0.186. The second kappa shape index (κ2) is 10.6. The molecule has 0 unspecified atom stereocenters. The predicted molar refractivity (Wildman–Crippen MR) is 131 cm³/mol. The topological polar surface area (TPSA) is 90.1 Å². The normalized spacial score (nSPS) is 10.9. The molecule has 4 aromatic rings. The molecular weight excluding hydrogens is 456 g/mol. The van der Waals surface area contributed by atoms with Gasteiger partial charge in [0.2, 0.25) is 5.91 Å². The molecule has 0 radical (unpaired) electrons. The summed E-state index contributed by atoms with van der Waals surface area (Å²) < 4.78 is 11.4. The van der Waals surface area contributed by atoms with E-state index < -0.39 is 0 Å². The van der Waals surface area contributed by atoms with Crippen molar-refractivity contribution in [3.05, 3.63) is 70.4 Å². The van der Waals surface area contributed by atoms with E-state index in [1.165, 1.54) is 28.7 Å². The average Bonchev–Trinajstić information content (AvgIpc) is 3.48. The molecule has 0 fully saturated rings. The van der Waals surface area contributed by atoms with Crippen molar-refractivity contribution in [2.24, 2.45) is 0 Å². The zero-order valence-corrected chi connectivity index (χ0v) is 20.3. The smallest absolute Gasteiger partial charge is 0.277 e. The minimum absolute atomic E-state index is 0.138. The molecule has 33 heavy (non-hydrogen) atoms. The molecule has 2 heterocycles. The largest absolute Gasteiger partial charge is 0.484 e. The highest BCUT2D eigenvalue weighted by Gasteiger charge is 2.13. The van der Waals surface area contributed by atoms with Crippen LogP contribution in [0.3, 0.4) is 0 Å². The van der Waals surface area contributed by atoms with Gasteiger partial charge in [0.1, 0.15) is 5.75 Å². The molecule has 0 spiro atoms. The number of carbonyl (C=O) groups excluding carboxylic acids is 1. The summed E-state index contributed by atoms with van der Waals surface area (Å²) in [6, 6.07) is 14.3. The molecule has 2 aromatic carbocycles. The van der Waals surface area contributed by atoms with Crippen LogP contribution in [0.2, 0.25) is 0 Å². The third kappa shape index (κ3) is 6.21. The van der Waals surface area contributed by atoms with Gasteiger partial charge in [-0.1, -0.05) is 55.1 Å². The maximum atomic E-state index is 12.3. The number of aryl methyl sites for hydroxylation is 3. The summed E-state index contributed by atoms with van der Waals surface area (Å²) in [5, 5.41) is 13.6. The Morgan fingerprint density at radius 3 is 2.76 bits per heavy atom. The molecule has 1 N–H and O–H groups in total. The molecule has 0 bridgehead atoms. The highest BCUT2D eigenvalue weighted by Crippen LogP contribution is 2.26. The van der Waals surface area contributed by atoms with Crippen molar-refractivity contribution in [1.29, 1.82) is 0 Å². The second-order valence-electron chi connectivity index (χ2n) is 7.44. The van der Waals surface area contributed by atoms with Crippen molar-refractivity contribution in [1.82, 2.24) is 15.2 Å². The number of nitrogens with one attached hydrogen (secondary N) is 1. The predicted octanol–water partition coefficient (Wildman–Crippen LogP) is 5.68. The summed E-state index contributed by atoms with van der Waals surface area (Å²) in [6.45, 7) is 6.29. The Morgan fingerprint density at radius 2 is 1.97 bits per heavy atom. The second-order valence-corrected chi connectivity index (χ2v) is 9.23. The monoisotopic (exact) mass is 480 g/mol. The van der Waals surface area contributed by atoms with Crippen molar-refractivity contribution in [2.45, 2.75) is 39.0 Å². The van der Waals surface area contributed by atoms with E-state index in [0.29, 0.717) is 16.2 Å². The number of nitrogens with zero attached hydrogens (tertiary/aromatic N) is 3. The molecule has 0 aliphatic heterocycles. The number of aromatic nitrogens is 3. The number of thioether (sulfide) groups is 1. The van der Waals surface area contributed by atoms with Crippen molar-refractivity contribution in [3.8, 4) is 17.0 Å². The molecular formula is C24H24N4O3S2. The van der Waals surface area contributed by atoms with Crippen LogP contribution >= 0.6 is 23.1 Å². The van der Waals surface area contributed by atoms with E-state index in [2.05, 4.69) is 39.6 Å². The summed E-state index contributed by atoms with van der Waals surface area (Å²) in [5.74, 6) is 1.09. The summed E-state index contributed by atoms with van der Waals surface area (Å²) >= 11 is 2.57. The third-order valence-electron chi connectivity index (χ3n) is 4.88. The lowest BCUT2D eigenvalue weighted by molar-refractivity contribution is -0.113. The van der Waals surface area contributed by atoms with Gasteiger partial charge in [0.15, 0.2) is 11.7 Å². The van der Waals surface area contributed by atoms with Crippen LogP contribution in [0.5, 0.6) is 5.75 Å². The number of hydrogen-bond acceptors (Lipinski definition) is 8.